The van der Waals surface area contributed by atoms with Crippen LogP contribution >= 0.6 is 0 Å². The van der Waals surface area contributed by atoms with Gasteiger partial charge in [-0.3, -0.25) is 9.59 Å². The number of hydrogen-bond acceptors (Lipinski definition) is 5. The predicted molar refractivity (Wildman–Crippen MR) is 132 cm³/mol. The van der Waals surface area contributed by atoms with Crippen molar-refractivity contribution in [3.8, 4) is 5.88 Å². The van der Waals surface area contributed by atoms with Crippen LogP contribution < -0.4 is 10.2 Å². The van der Waals surface area contributed by atoms with Crippen LogP contribution in [0.5, 0.6) is 5.88 Å². The van der Waals surface area contributed by atoms with Crippen LogP contribution in [0.25, 0.3) is 17.0 Å². The van der Waals surface area contributed by atoms with Crippen LogP contribution in [-0.4, -0.2) is 36.0 Å². The summed E-state index contributed by atoms with van der Waals surface area (Å²) in [6.45, 7) is 0. The minimum atomic E-state index is -0.759. The summed E-state index contributed by atoms with van der Waals surface area (Å²) in [6, 6.07) is 23.2. The highest BCUT2D eigenvalue weighted by atomic mass is 16.3. The SMILES string of the molecule is CN(C)c1ccc(C=C(NC(=O)c2ccccc2)C(=O)N=Nc2c(O)[nH]c3ccccc23)cc1. The van der Waals surface area contributed by atoms with Gasteiger partial charge in [0.15, 0.2) is 5.69 Å². The largest absolute Gasteiger partial charge is 0.493 e. The minimum Gasteiger partial charge on any atom is -0.493 e. The number of nitrogens with one attached hydrogen (secondary N) is 2. The fourth-order valence-electron chi connectivity index (χ4n) is 3.33. The molecule has 170 valence electrons. The molecule has 4 aromatic rings. The Hall–Kier alpha value is -4.72. The molecule has 3 aromatic carbocycles. The van der Waals surface area contributed by atoms with Gasteiger partial charge < -0.3 is 20.3 Å². The summed E-state index contributed by atoms with van der Waals surface area (Å²) in [6.07, 6.45) is 1.54. The number of benzene rings is 3. The van der Waals surface area contributed by atoms with Gasteiger partial charge in [-0.25, -0.2) is 0 Å². The number of carbonyl (C=O) groups is 2. The van der Waals surface area contributed by atoms with E-state index >= 15 is 0 Å². The Bertz CT molecular complexity index is 1390. The number of carbonyl (C=O) groups excluding carboxylic acids is 2. The third-order valence-corrected chi connectivity index (χ3v) is 5.14. The zero-order valence-electron chi connectivity index (χ0n) is 18.7. The number of rotatable bonds is 6. The summed E-state index contributed by atoms with van der Waals surface area (Å²) in [5.41, 5.74) is 2.86. The molecule has 0 radical (unpaired) electrons. The molecule has 3 N–H and O–H groups in total. The fraction of sp³-hybridized carbons (Fsp3) is 0.0769. The van der Waals surface area contributed by atoms with E-state index in [0.717, 1.165) is 5.69 Å². The van der Waals surface area contributed by atoms with Gasteiger partial charge in [0, 0.05) is 30.7 Å². The summed E-state index contributed by atoms with van der Waals surface area (Å²) in [4.78, 5) is 30.5. The van der Waals surface area contributed by atoms with Crippen LogP contribution in [0.15, 0.2) is 94.8 Å². The number of aromatic hydroxyl groups is 1. The Morgan fingerprint density at radius 2 is 1.62 bits per heavy atom. The minimum absolute atomic E-state index is 0.0467. The van der Waals surface area contributed by atoms with Gasteiger partial charge in [-0.1, -0.05) is 48.5 Å². The zero-order chi connectivity index (χ0) is 24.1. The highest BCUT2D eigenvalue weighted by molar-refractivity contribution is 6.05. The maximum atomic E-state index is 13.0. The number of amides is 2. The molecular weight excluding hydrogens is 430 g/mol. The standard InChI is InChI=1S/C26H23N5O3/c1-31(2)19-14-12-17(13-15-19)16-22(28-24(32)18-8-4-3-5-9-18)25(33)30-29-23-20-10-6-7-11-21(20)27-26(23)34/h3-16,27,34H,1-2H3,(H,28,32). The lowest BCUT2D eigenvalue weighted by Crippen LogP contribution is -2.26. The topological polar surface area (TPSA) is 110 Å². The van der Waals surface area contributed by atoms with E-state index in [1.165, 1.54) is 6.08 Å². The summed E-state index contributed by atoms with van der Waals surface area (Å²) in [5.74, 6) is -1.41. The molecule has 0 saturated carbocycles. The van der Waals surface area contributed by atoms with Crippen LogP contribution in [0.4, 0.5) is 11.4 Å². The molecule has 8 heteroatoms. The fourth-order valence-corrected chi connectivity index (χ4v) is 3.33. The lowest BCUT2D eigenvalue weighted by Gasteiger charge is -2.12. The van der Waals surface area contributed by atoms with Crippen molar-refractivity contribution in [2.75, 3.05) is 19.0 Å². The van der Waals surface area contributed by atoms with E-state index in [2.05, 4.69) is 20.5 Å². The molecule has 0 unspecified atom stereocenters. The Morgan fingerprint density at radius 3 is 2.32 bits per heavy atom. The van der Waals surface area contributed by atoms with Crippen molar-refractivity contribution < 1.29 is 14.7 Å². The first-order valence-electron chi connectivity index (χ1n) is 10.5. The van der Waals surface area contributed by atoms with Gasteiger partial charge in [-0.05, 0) is 42.0 Å². The van der Waals surface area contributed by atoms with E-state index in [1.807, 2.05) is 49.3 Å². The Kier molecular flexibility index (Phi) is 6.49. The number of aromatic nitrogens is 1. The number of para-hydroxylation sites is 1. The maximum Gasteiger partial charge on any atom is 0.311 e. The molecule has 0 spiro atoms. The van der Waals surface area contributed by atoms with Gasteiger partial charge in [0.2, 0.25) is 5.88 Å². The van der Waals surface area contributed by atoms with Crippen molar-refractivity contribution in [2.24, 2.45) is 10.2 Å². The molecule has 1 aromatic heterocycles. The Balaban J connectivity index is 1.66. The molecule has 0 aliphatic heterocycles. The lowest BCUT2D eigenvalue weighted by molar-refractivity contribution is -0.115. The number of H-pyrrole nitrogens is 1. The highest BCUT2D eigenvalue weighted by Gasteiger charge is 2.16. The second-order valence-electron chi connectivity index (χ2n) is 7.74. The van der Waals surface area contributed by atoms with Gasteiger partial charge in [0.05, 0.1) is 5.52 Å². The van der Waals surface area contributed by atoms with E-state index in [1.54, 1.807) is 48.5 Å². The molecule has 2 amide bonds. The van der Waals surface area contributed by atoms with Crippen LogP contribution in [-0.2, 0) is 4.79 Å². The smallest absolute Gasteiger partial charge is 0.311 e. The van der Waals surface area contributed by atoms with Crippen LogP contribution in [0, 0.1) is 0 Å². The van der Waals surface area contributed by atoms with E-state index in [0.29, 0.717) is 22.0 Å². The first kappa shape index (κ1) is 22.5. The van der Waals surface area contributed by atoms with Gasteiger partial charge in [-0.2, -0.15) is 0 Å². The zero-order valence-corrected chi connectivity index (χ0v) is 18.7. The average Bonchev–Trinajstić information content (AvgIpc) is 3.17. The first-order valence-corrected chi connectivity index (χ1v) is 10.5. The van der Waals surface area contributed by atoms with Gasteiger partial charge in [-0.15, -0.1) is 10.2 Å². The van der Waals surface area contributed by atoms with Crippen molar-refractivity contribution in [1.29, 1.82) is 0 Å². The molecular formula is C26H23N5O3. The summed E-state index contributed by atoms with van der Waals surface area (Å²) < 4.78 is 0. The van der Waals surface area contributed by atoms with E-state index in [9.17, 15) is 14.7 Å². The van der Waals surface area contributed by atoms with Gasteiger partial charge in [0.1, 0.15) is 5.70 Å². The number of fused-ring (bicyclic) bond motifs is 1. The average molecular weight is 454 g/mol. The van der Waals surface area contributed by atoms with Gasteiger partial charge >= 0.3 is 5.91 Å². The van der Waals surface area contributed by atoms with Crippen LogP contribution in [0.3, 0.4) is 0 Å². The number of azo groups is 1. The molecule has 0 fully saturated rings. The quantitative estimate of drug-likeness (QED) is 0.281. The molecule has 4 rings (SSSR count). The van der Waals surface area contributed by atoms with E-state index in [-0.39, 0.29) is 17.3 Å². The number of nitrogens with zero attached hydrogens (tertiary/aromatic N) is 3. The van der Waals surface area contributed by atoms with E-state index in [4.69, 9.17) is 0 Å². The monoisotopic (exact) mass is 453 g/mol. The van der Waals surface area contributed by atoms with Crippen molar-refractivity contribution in [2.45, 2.75) is 0 Å². The Morgan fingerprint density at radius 1 is 0.941 bits per heavy atom. The van der Waals surface area contributed by atoms with Crippen molar-refractivity contribution in [3.63, 3.8) is 0 Å². The number of anilines is 1. The third-order valence-electron chi connectivity index (χ3n) is 5.14. The number of hydrogen-bond donors (Lipinski definition) is 3. The summed E-state index contributed by atoms with van der Waals surface area (Å²) in [7, 11) is 3.86. The highest BCUT2D eigenvalue weighted by Crippen LogP contribution is 2.35. The molecule has 0 atom stereocenters. The summed E-state index contributed by atoms with van der Waals surface area (Å²) >= 11 is 0. The van der Waals surface area contributed by atoms with Crippen LogP contribution in [0.1, 0.15) is 15.9 Å². The molecule has 0 aliphatic carbocycles. The Labute approximate surface area is 196 Å². The lowest BCUT2D eigenvalue weighted by atomic mass is 10.1. The summed E-state index contributed by atoms with van der Waals surface area (Å²) in [5, 5.41) is 21.2. The van der Waals surface area contributed by atoms with Crippen molar-refractivity contribution >= 4 is 40.2 Å². The first-order chi connectivity index (χ1) is 16.4. The van der Waals surface area contributed by atoms with Crippen molar-refractivity contribution in [3.05, 3.63) is 95.7 Å². The molecule has 34 heavy (non-hydrogen) atoms. The third kappa shape index (κ3) is 5.02. The maximum absolute atomic E-state index is 13.0. The van der Waals surface area contributed by atoms with E-state index < -0.39 is 11.8 Å². The normalized spacial score (nSPS) is 11.6. The molecule has 0 aliphatic rings. The second kappa shape index (κ2) is 9.83. The molecule has 0 saturated heterocycles. The van der Waals surface area contributed by atoms with Gasteiger partial charge in [0.25, 0.3) is 5.91 Å². The predicted octanol–water partition coefficient (Wildman–Crippen LogP) is 5.02. The van der Waals surface area contributed by atoms with Crippen LogP contribution in [0.2, 0.25) is 0 Å². The molecule has 0 bridgehead atoms. The molecule has 8 nitrogen and oxygen atoms in total. The second-order valence-corrected chi connectivity index (χ2v) is 7.74. The number of aromatic amines is 1. The molecule has 1 heterocycles. The van der Waals surface area contributed by atoms with Crippen molar-refractivity contribution in [1.82, 2.24) is 10.3 Å².